The number of carbonyl (C=O) groups is 1. The number of carbonyl (C=O) groups excluding carboxylic acids is 1. The molecule has 0 fully saturated rings. The van der Waals surface area contributed by atoms with Gasteiger partial charge in [0.05, 0.1) is 13.0 Å². The molecule has 0 heterocycles. The summed E-state index contributed by atoms with van der Waals surface area (Å²) >= 11 is 0. The fraction of sp³-hybridized carbons (Fsp3) is 0.350. The van der Waals surface area contributed by atoms with Crippen molar-refractivity contribution < 1.29 is 14.5 Å². The lowest BCUT2D eigenvalue weighted by Crippen LogP contribution is -2.26. The summed E-state index contributed by atoms with van der Waals surface area (Å²) in [6.07, 6.45) is 1.04. The smallest absolute Gasteiger partial charge is 0.211 e. The molecule has 0 spiro atoms. The summed E-state index contributed by atoms with van der Waals surface area (Å²) in [6, 6.07) is 16.9. The van der Waals surface area contributed by atoms with E-state index >= 15 is 0 Å². The SMILES string of the molecule is COc1ccc([C@@H](C[N+](=O)[O-])[C@@H](C)C(=O)CCc2ccccc2)cc1. The maximum absolute atomic E-state index is 12.6. The molecule has 5 heteroatoms. The number of ether oxygens (including phenoxy) is 1. The van der Waals surface area contributed by atoms with Crippen molar-refractivity contribution in [2.45, 2.75) is 25.7 Å². The number of rotatable bonds is 9. The highest BCUT2D eigenvalue weighted by Crippen LogP contribution is 2.28. The fourth-order valence-electron chi connectivity index (χ4n) is 2.93. The van der Waals surface area contributed by atoms with Crippen molar-refractivity contribution in [2.75, 3.05) is 13.7 Å². The van der Waals surface area contributed by atoms with Gasteiger partial charge in [0, 0.05) is 17.3 Å². The number of hydrogen-bond acceptors (Lipinski definition) is 4. The van der Waals surface area contributed by atoms with Crippen LogP contribution in [0.4, 0.5) is 0 Å². The number of ketones is 1. The van der Waals surface area contributed by atoms with Gasteiger partial charge in [0.2, 0.25) is 6.54 Å². The molecule has 0 aliphatic rings. The Morgan fingerprint density at radius 2 is 1.76 bits per heavy atom. The summed E-state index contributed by atoms with van der Waals surface area (Å²) in [5.74, 6) is -0.120. The number of aryl methyl sites for hydroxylation is 1. The average Bonchev–Trinajstić information content (AvgIpc) is 2.64. The van der Waals surface area contributed by atoms with E-state index in [-0.39, 0.29) is 17.3 Å². The first kappa shape index (κ1) is 18.6. The Morgan fingerprint density at radius 3 is 2.32 bits per heavy atom. The first-order valence-corrected chi connectivity index (χ1v) is 8.33. The van der Waals surface area contributed by atoms with Crippen LogP contribution in [0.2, 0.25) is 0 Å². The molecule has 0 radical (unpaired) electrons. The summed E-state index contributed by atoms with van der Waals surface area (Å²) in [7, 11) is 1.57. The zero-order valence-electron chi connectivity index (χ0n) is 14.6. The molecule has 2 aromatic carbocycles. The molecule has 2 aromatic rings. The minimum atomic E-state index is -0.441. The molecular weight excluding hydrogens is 318 g/mol. The second-order valence-corrected chi connectivity index (χ2v) is 6.14. The summed E-state index contributed by atoms with van der Waals surface area (Å²) in [6.45, 7) is 1.52. The number of Topliss-reactive ketones (excluding diaryl/α,β-unsaturated/α-hetero) is 1. The van der Waals surface area contributed by atoms with Crippen molar-refractivity contribution in [1.82, 2.24) is 0 Å². The Labute approximate surface area is 147 Å². The number of methoxy groups -OCH3 is 1. The van der Waals surface area contributed by atoms with Crippen LogP contribution in [0.25, 0.3) is 0 Å². The van der Waals surface area contributed by atoms with Gasteiger partial charge in [-0.3, -0.25) is 14.9 Å². The van der Waals surface area contributed by atoms with Gasteiger partial charge in [-0.15, -0.1) is 0 Å². The van der Waals surface area contributed by atoms with Crippen LogP contribution in [-0.4, -0.2) is 24.4 Å². The maximum atomic E-state index is 12.6. The number of hydrogen-bond donors (Lipinski definition) is 0. The minimum Gasteiger partial charge on any atom is -0.497 e. The molecule has 2 rings (SSSR count). The van der Waals surface area contributed by atoms with Crippen LogP contribution in [0.3, 0.4) is 0 Å². The number of benzene rings is 2. The Hall–Kier alpha value is -2.69. The number of nitrogens with zero attached hydrogens (tertiary/aromatic N) is 1. The molecule has 0 bridgehead atoms. The lowest BCUT2D eigenvalue weighted by atomic mass is 9.83. The summed E-state index contributed by atoms with van der Waals surface area (Å²) in [5.41, 5.74) is 1.89. The molecule has 5 nitrogen and oxygen atoms in total. The van der Waals surface area contributed by atoms with Crippen molar-refractivity contribution in [2.24, 2.45) is 5.92 Å². The molecular formula is C20H23NO4. The highest BCUT2D eigenvalue weighted by molar-refractivity contribution is 5.82. The number of nitro groups is 1. The van der Waals surface area contributed by atoms with Crippen molar-refractivity contribution in [3.63, 3.8) is 0 Å². The van der Waals surface area contributed by atoms with E-state index in [4.69, 9.17) is 4.74 Å². The Balaban J connectivity index is 2.09. The van der Waals surface area contributed by atoms with E-state index in [2.05, 4.69) is 0 Å². The second-order valence-electron chi connectivity index (χ2n) is 6.14. The molecule has 0 aliphatic carbocycles. The third-order valence-corrected chi connectivity index (χ3v) is 4.50. The Morgan fingerprint density at radius 1 is 1.12 bits per heavy atom. The van der Waals surface area contributed by atoms with Crippen LogP contribution in [0, 0.1) is 16.0 Å². The lowest BCUT2D eigenvalue weighted by molar-refractivity contribution is -0.484. The van der Waals surface area contributed by atoms with E-state index in [1.54, 1.807) is 38.3 Å². The summed E-state index contributed by atoms with van der Waals surface area (Å²) in [4.78, 5) is 23.3. The van der Waals surface area contributed by atoms with Gasteiger partial charge in [-0.25, -0.2) is 0 Å². The van der Waals surface area contributed by atoms with Gasteiger partial charge in [0.15, 0.2) is 0 Å². The van der Waals surface area contributed by atoms with Crippen molar-refractivity contribution >= 4 is 5.78 Å². The van der Waals surface area contributed by atoms with Crippen LogP contribution in [0.1, 0.15) is 30.4 Å². The van der Waals surface area contributed by atoms with Gasteiger partial charge in [-0.05, 0) is 29.7 Å². The normalized spacial score (nSPS) is 13.0. The quantitative estimate of drug-likeness (QED) is 0.512. The molecule has 0 N–H and O–H groups in total. The molecule has 0 aromatic heterocycles. The molecule has 0 amide bonds. The molecule has 2 atom stereocenters. The van der Waals surface area contributed by atoms with Gasteiger partial charge in [-0.2, -0.15) is 0 Å². The predicted molar refractivity (Wildman–Crippen MR) is 96.5 cm³/mol. The Bertz CT molecular complexity index is 697. The molecule has 0 saturated carbocycles. The maximum Gasteiger partial charge on any atom is 0.211 e. The van der Waals surface area contributed by atoms with Crippen molar-refractivity contribution in [1.29, 1.82) is 0 Å². The largest absolute Gasteiger partial charge is 0.497 e. The topological polar surface area (TPSA) is 69.4 Å². The van der Waals surface area contributed by atoms with Crippen LogP contribution in [0.15, 0.2) is 54.6 Å². The molecule has 0 aliphatic heterocycles. The predicted octanol–water partition coefficient (Wildman–Crippen LogP) is 3.89. The van der Waals surface area contributed by atoms with Crippen LogP contribution in [-0.2, 0) is 11.2 Å². The molecule has 0 saturated heterocycles. The van der Waals surface area contributed by atoms with Gasteiger partial charge < -0.3 is 4.74 Å². The van der Waals surface area contributed by atoms with E-state index in [1.807, 2.05) is 30.3 Å². The van der Waals surface area contributed by atoms with Crippen molar-refractivity contribution in [3.8, 4) is 5.75 Å². The van der Waals surface area contributed by atoms with Gasteiger partial charge in [0.1, 0.15) is 11.5 Å². The summed E-state index contributed by atoms with van der Waals surface area (Å²) in [5, 5.41) is 11.1. The molecule has 0 unspecified atom stereocenters. The minimum absolute atomic E-state index is 0.0477. The second kappa shape index (κ2) is 8.97. The Kier molecular flexibility index (Phi) is 6.69. The van der Waals surface area contributed by atoms with Crippen molar-refractivity contribution in [3.05, 3.63) is 75.8 Å². The molecule has 25 heavy (non-hydrogen) atoms. The zero-order valence-corrected chi connectivity index (χ0v) is 14.6. The lowest BCUT2D eigenvalue weighted by Gasteiger charge is -2.20. The van der Waals surface area contributed by atoms with Gasteiger partial charge in [0.25, 0.3) is 0 Å². The summed E-state index contributed by atoms with van der Waals surface area (Å²) < 4.78 is 5.12. The van der Waals surface area contributed by atoms with E-state index in [1.165, 1.54) is 0 Å². The van der Waals surface area contributed by atoms with Crippen LogP contribution >= 0.6 is 0 Å². The van der Waals surface area contributed by atoms with E-state index in [9.17, 15) is 14.9 Å². The highest BCUT2D eigenvalue weighted by Gasteiger charge is 2.29. The highest BCUT2D eigenvalue weighted by atomic mass is 16.6. The first-order chi connectivity index (χ1) is 12.0. The zero-order chi connectivity index (χ0) is 18.2. The molecule has 132 valence electrons. The standard InChI is InChI=1S/C20H23NO4/c1-15(20(22)13-8-16-6-4-3-5-7-16)19(14-21(23)24)17-9-11-18(25-2)12-10-17/h3-7,9-12,15,19H,8,13-14H2,1-2H3/t15-,19+/m1/s1. The van der Waals surface area contributed by atoms with Crippen LogP contribution < -0.4 is 4.74 Å². The monoisotopic (exact) mass is 341 g/mol. The third kappa shape index (κ3) is 5.41. The van der Waals surface area contributed by atoms with Gasteiger partial charge >= 0.3 is 0 Å². The van der Waals surface area contributed by atoms with Gasteiger partial charge in [-0.1, -0.05) is 49.4 Å². The van der Waals surface area contributed by atoms with E-state index in [0.717, 1.165) is 11.1 Å². The van der Waals surface area contributed by atoms with E-state index in [0.29, 0.717) is 18.6 Å². The first-order valence-electron chi connectivity index (χ1n) is 8.33. The third-order valence-electron chi connectivity index (χ3n) is 4.50. The fourth-order valence-corrected chi connectivity index (χ4v) is 2.93. The van der Waals surface area contributed by atoms with Crippen LogP contribution in [0.5, 0.6) is 5.75 Å². The van der Waals surface area contributed by atoms with E-state index < -0.39 is 11.8 Å². The average molecular weight is 341 g/mol.